The zero-order valence-electron chi connectivity index (χ0n) is 16.6. The fourth-order valence-electron chi connectivity index (χ4n) is 2.96. The van der Waals surface area contributed by atoms with Gasteiger partial charge in [-0.2, -0.15) is 0 Å². The third kappa shape index (κ3) is 4.42. The Balaban J connectivity index is 2.70. The Hall–Kier alpha value is -3.09. The van der Waals surface area contributed by atoms with Crippen molar-refractivity contribution in [1.82, 2.24) is 0 Å². The normalized spacial score (nSPS) is 14.1. The Bertz CT molecular complexity index is 809. The van der Waals surface area contributed by atoms with E-state index in [2.05, 4.69) is 0 Å². The smallest absolute Gasteiger partial charge is 0.355 e. The van der Waals surface area contributed by atoms with Crippen molar-refractivity contribution in [2.24, 2.45) is 0 Å². The first kappa shape index (κ1) is 21.2. The summed E-state index contributed by atoms with van der Waals surface area (Å²) in [5.41, 5.74) is 1.53. The average molecular weight is 387 g/mol. The first-order valence-electron chi connectivity index (χ1n) is 9.25. The molecular formula is C21H25NO6. The van der Waals surface area contributed by atoms with Gasteiger partial charge in [0.25, 0.3) is 0 Å². The van der Waals surface area contributed by atoms with E-state index in [1.54, 1.807) is 56.9 Å². The van der Waals surface area contributed by atoms with E-state index in [4.69, 9.17) is 14.2 Å². The van der Waals surface area contributed by atoms with Gasteiger partial charge in [-0.15, -0.1) is 0 Å². The Labute approximate surface area is 164 Å². The van der Waals surface area contributed by atoms with Crippen molar-refractivity contribution in [3.63, 3.8) is 0 Å². The Kier molecular flexibility index (Phi) is 7.37. The van der Waals surface area contributed by atoms with Crippen molar-refractivity contribution in [3.05, 3.63) is 52.9 Å². The zero-order chi connectivity index (χ0) is 20.7. The van der Waals surface area contributed by atoms with Crippen molar-refractivity contribution >= 4 is 23.6 Å². The monoisotopic (exact) mass is 387 g/mol. The Morgan fingerprint density at radius 1 is 0.821 bits per heavy atom. The second kappa shape index (κ2) is 9.73. The number of nitrogens with zero attached hydrogens (tertiary/aromatic N) is 1. The number of benzene rings is 1. The number of esters is 3. The van der Waals surface area contributed by atoms with Crippen LogP contribution in [0.25, 0.3) is 0 Å². The highest BCUT2D eigenvalue weighted by molar-refractivity contribution is 6.07. The van der Waals surface area contributed by atoms with Crippen molar-refractivity contribution in [1.29, 1.82) is 0 Å². The van der Waals surface area contributed by atoms with Gasteiger partial charge < -0.3 is 19.1 Å². The summed E-state index contributed by atoms with van der Waals surface area (Å²) in [7, 11) is 0. The van der Waals surface area contributed by atoms with Crippen LogP contribution in [0.1, 0.15) is 34.1 Å². The summed E-state index contributed by atoms with van der Waals surface area (Å²) in [5.74, 6) is -1.86. The fraction of sp³-hybridized carbons (Fsp3) is 0.381. The Morgan fingerprint density at radius 3 is 1.86 bits per heavy atom. The molecule has 2 rings (SSSR count). The summed E-state index contributed by atoms with van der Waals surface area (Å²) in [5, 5.41) is 0. The zero-order valence-corrected chi connectivity index (χ0v) is 16.6. The molecule has 0 bridgehead atoms. The predicted octanol–water partition coefficient (Wildman–Crippen LogP) is 3.11. The van der Waals surface area contributed by atoms with Gasteiger partial charge in [0.15, 0.2) is 0 Å². The van der Waals surface area contributed by atoms with E-state index in [1.165, 1.54) is 0 Å². The lowest BCUT2D eigenvalue weighted by molar-refractivity contribution is -0.142. The molecule has 0 spiro atoms. The molecule has 0 fully saturated rings. The molecule has 7 nitrogen and oxygen atoms in total. The van der Waals surface area contributed by atoms with Crippen molar-refractivity contribution in [3.8, 4) is 0 Å². The molecular weight excluding hydrogens is 362 g/mol. The van der Waals surface area contributed by atoms with E-state index in [1.807, 2.05) is 6.07 Å². The molecule has 150 valence electrons. The van der Waals surface area contributed by atoms with Crippen LogP contribution < -0.4 is 4.90 Å². The first-order valence-corrected chi connectivity index (χ1v) is 9.25. The fourth-order valence-corrected chi connectivity index (χ4v) is 2.96. The summed E-state index contributed by atoms with van der Waals surface area (Å²) in [4.78, 5) is 39.5. The van der Waals surface area contributed by atoms with Gasteiger partial charge in [-0.1, -0.05) is 18.2 Å². The number of carbonyl (C=O) groups is 3. The second-order valence-electron chi connectivity index (χ2n) is 5.90. The van der Waals surface area contributed by atoms with E-state index < -0.39 is 17.9 Å². The topological polar surface area (TPSA) is 82.1 Å². The van der Waals surface area contributed by atoms with Crippen LogP contribution in [-0.4, -0.2) is 37.7 Å². The van der Waals surface area contributed by atoms with Gasteiger partial charge in [-0.3, -0.25) is 0 Å². The van der Waals surface area contributed by atoms with E-state index in [0.717, 1.165) is 0 Å². The van der Waals surface area contributed by atoms with Crippen LogP contribution in [0, 0.1) is 0 Å². The molecule has 7 heteroatoms. The number of allylic oxidation sites excluding steroid dienone is 1. The number of anilines is 1. The lowest BCUT2D eigenvalue weighted by atomic mass is 9.95. The lowest BCUT2D eigenvalue weighted by Gasteiger charge is -2.33. The number of rotatable bonds is 7. The minimum absolute atomic E-state index is 0.0528. The van der Waals surface area contributed by atoms with E-state index in [9.17, 15) is 14.4 Å². The summed E-state index contributed by atoms with van der Waals surface area (Å²) in [6.45, 7) is 7.26. The third-order valence-corrected chi connectivity index (χ3v) is 4.16. The maximum Gasteiger partial charge on any atom is 0.355 e. The average Bonchev–Trinajstić information content (AvgIpc) is 2.68. The van der Waals surface area contributed by atoms with Gasteiger partial charge in [0.05, 0.1) is 31.0 Å². The molecule has 1 aromatic carbocycles. The SMILES string of the molecule is CCOC(=O)C1=C(C)N(c2ccccc2)C(C(=O)OCC)=C(C(=O)OCC)C1. The second-order valence-corrected chi connectivity index (χ2v) is 5.90. The molecule has 0 N–H and O–H groups in total. The number of para-hydroxylation sites is 1. The summed E-state index contributed by atoms with van der Waals surface area (Å²) in [6, 6.07) is 8.99. The quantitative estimate of drug-likeness (QED) is 0.525. The van der Waals surface area contributed by atoms with Gasteiger partial charge in [-0.05, 0) is 39.8 Å². The molecule has 0 aromatic heterocycles. The first-order chi connectivity index (χ1) is 13.5. The molecule has 0 atom stereocenters. The largest absolute Gasteiger partial charge is 0.463 e. The minimum Gasteiger partial charge on any atom is -0.463 e. The molecule has 0 saturated carbocycles. The highest BCUT2D eigenvalue weighted by atomic mass is 16.5. The molecule has 1 heterocycles. The van der Waals surface area contributed by atoms with Crippen LogP contribution in [0.5, 0.6) is 0 Å². The molecule has 0 aliphatic carbocycles. The summed E-state index contributed by atoms with van der Waals surface area (Å²) in [6.07, 6.45) is -0.0685. The molecule has 0 radical (unpaired) electrons. The van der Waals surface area contributed by atoms with Crippen LogP contribution in [0.2, 0.25) is 0 Å². The van der Waals surface area contributed by atoms with Crippen LogP contribution >= 0.6 is 0 Å². The van der Waals surface area contributed by atoms with Gasteiger partial charge in [-0.25, -0.2) is 14.4 Å². The summed E-state index contributed by atoms with van der Waals surface area (Å²) >= 11 is 0. The number of hydrogen-bond acceptors (Lipinski definition) is 7. The number of ether oxygens (including phenoxy) is 3. The maximum absolute atomic E-state index is 12.8. The maximum atomic E-state index is 12.8. The third-order valence-electron chi connectivity index (χ3n) is 4.16. The summed E-state index contributed by atoms with van der Waals surface area (Å²) < 4.78 is 15.5. The molecule has 28 heavy (non-hydrogen) atoms. The number of hydrogen-bond donors (Lipinski definition) is 0. The van der Waals surface area contributed by atoms with Gasteiger partial charge >= 0.3 is 17.9 Å². The van der Waals surface area contributed by atoms with Gasteiger partial charge in [0.1, 0.15) is 5.70 Å². The highest BCUT2D eigenvalue weighted by Crippen LogP contribution is 2.36. The standard InChI is InChI=1S/C21H25NO6/c1-5-26-19(23)16-13-17(20(24)27-6-2)18(21(25)28-7-3)22(14(16)4)15-11-9-8-10-12-15/h8-12H,5-7,13H2,1-4H3. The molecule has 0 unspecified atom stereocenters. The molecule has 1 aliphatic heterocycles. The van der Waals surface area contributed by atoms with Crippen molar-refractivity contribution in [2.75, 3.05) is 24.7 Å². The van der Waals surface area contributed by atoms with Gasteiger partial charge in [0.2, 0.25) is 0 Å². The van der Waals surface area contributed by atoms with Crippen LogP contribution in [0.15, 0.2) is 52.9 Å². The van der Waals surface area contributed by atoms with Gasteiger partial charge in [0, 0.05) is 17.8 Å². The van der Waals surface area contributed by atoms with Crippen LogP contribution in [-0.2, 0) is 28.6 Å². The minimum atomic E-state index is -0.666. The molecule has 1 aromatic rings. The highest BCUT2D eigenvalue weighted by Gasteiger charge is 2.37. The molecule has 0 saturated heterocycles. The van der Waals surface area contributed by atoms with E-state index >= 15 is 0 Å². The lowest BCUT2D eigenvalue weighted by Crippen LogP contribution is -2.36. The van der Waals surface area contributed by atoms with E-state index in [-0.39, 0.29) is 37.5 Å². The van der Waals surface area contributed by atoms with Crippen LogP contribution in [0.4, 0.5) is 5.69 Å². The Morgan fingerprint density at radius 2 is 1.32 bits per heavy atom. The van der Waals surface area contributed by atoms with Crippen molar-refractivity contribution in [2.45, 2.75) is 34.1 Å². The van der Waals surface area contributed by atoms with E-state index in [0.29, 0.717) is 17.0 Å². The van der Waals surface area contributed by atoms with Crippen molar-refractivity contribution < 1.29 is 28.6 Å². The molecule has 1 aliphatic rings. The predicted molar refractivity (Wildman–Crippen MR) is 103 cm³/mol. The molecule has 0 amide bonds. The number of carbonyl (C=O) groups excluding carboxylic acids is 3. The van der Waals surface area contributed by atoms with Crippen LogP contribution in [0.3, 0.4) is 0 Å².